The minimum absolute atomic E-state index is 0.0310. The van der Waals surface area contributed by atoms with Crippen LogP contribution in [0.3, 0.4) is 0 Å². The van der Waals surface area contributed by atoms with Crippen molar-refractivity contribution in [3.63, 3.8) is 0 Å². The first-order chi connectivity index (χ1) is 12.9. The first-order valence-corrected chi connectivity index (χ1v) is 8.47. The fourth-order valence-electron chi connectivity index (χ4n) is 3.22. The largest absolute Gasteiger partial charge is 0.454 e. The molecule has 2 aliphatic heterocycles. The molecule has 0 radical (unpaired) electrons. The van der Waals surface area contributed by atoms with Gasteiger partial charge in [0.2, 0.25) is 6.79 Å². The van der Waals surface area contributed by atoms with E-state index in [0.717, 1.165) is 29.7 Å². The summed E-state index contributed by atoms with van der Waals surface area (Å²) >= 11 is 0. The summed E-state index contributed by atoms with van der Waals surface area (Å²) in [5.74, 6) is 1.15. The molecule has 4 nitrogen and oxygen atoms in total. The number of carbonyl (C=O) groups excluding carboxylic acids is 1. The second kappa shape index (κ2) is 6.64. The molecule has 0 spiro atoms. The van der Waals surface area contributed by atoms with Crippen molar-refractivity contribution in [1.82, 2.24) is 5.32 Å². The number of fused-ring (bicyclic) bond motifs is 2. The van der Waals surface area contributed by atoms with Crippen LogP contribution in [-0.4, -0.2) is 19.1 Å². The van der Waals surface area contributed by atoms with Gasteiger partial charge in [0.25, 0.3) is 0 Å². The smallest absolute Gasteiger partial charge is 0.416 e. The van der Waals surface area contributed by atoms with E-state index in [1.165, 1.54) is 18.2 Å². The summed E-state index contributed by atoms with van der Waals surface area (Å²) in [7, 11) is 0. The molecule has 0 amide bonds. The average Bonchev–Trinajstić information content (AvgIpc) is 3.07. The maximum Gasteiger partial charge on any atom is 0.416 e. The van der Waals surface area contributed by atoms with Crippen LogP contribution < -0.4 is 14.8 Å². The number of hydrogen-bond acceptors (Lipinski definition) is 4. The van der Waals surface area contributed by atoms with Crippen molar-refractivity contribution < 1.29 is 27.4 Å². The van der Waals surface area contributed by atoms with E-state index in [9.17, 15) is 18.0 Å². The minimum Gasteiger partial charge on any atom is -0.454 e. The molecule has 2 heterocycles. The van der Waals surface area contributed by atoms with Gasteiger partial charge in [0, 0.05) is 30.3 Å². The molecule has 2 aromatic carbocycles. The lowest BCUT2D eigenvalue weighted by Gasteiger charge is -2.21. The predicted octanol–water partition coefficient (Wildman–Crippen LogP) is 3.73. The number of alkyl halides is 3. The van der Waals surface area contributed by atoms with Crippen LogP contribution in [0.5, 0.6) is 11.5 Å². The Morgan fingerprint density at radius 1 is 1.11 bits per heavy atom. The van der Waals surface area contributed by atoms with Gasteiger partial charge < -0.3 is 14.8 Å². The molecule has 0 saturated heterocycles. The Kier molecular flexibility index (Phi) is 4.30. The first kappa shape index (κ1) is 17.5. The number of rotatable bonds is 3. The molecular weight excluding hydrogens is 359 g/mol. The zero-order chi connectivity index (χ0) is 19.0. The van der Waals surface area contributed by atoms with E-state index in [2.05, 4.69) is 5.32 Å². The molecule has 4 rings (SSSR count). The minimum atomic E-state index is -4.38. The summed E-state index contributed by atoms with van der Waals surface area (Å²) in [6.07, 6.45) is -2.05. The highest BCUT2D eigenvalue weighted by Crippen LogP contribution is 2.38. The molecule has 0 atom stereocenters. The van der Waals surface area contributed by atoms with Gasteiger partial charge in [-0.15, -0.1) is 0 Å². The Labute approximate surface area is 153 Å². The van der Waals surface area contributed by atoms with Crippen molar-refractivity contribution in [3.8, 4) is 11.5 Å². The van der Waals surface area contributed by atoms with E-state index in [1.807, 2.05) is 12.1 Å². The van der Waals surface area contributed by atoms with E-state index in [-0.39, 0.29) is 19.0 Å². The summed E-state index contributed by atoms with van der Waals surface area (Å²) in [4.78, 5) is 12.4. The van der Waals surface area contributed by atoms with Gasteiger partial charge in [-0.25, -0.2) is 0 Å². The molecule has 27 heavy (non-hydrogen) atoms. The fourth-order valence-corrected chi connectivity index (χ4v) is 3.22. The van der Waals surface area contributed by atoms with Crippen molar-refractivity contribution in [3.05, 3.63) is 64.7 Å². The Morgan fingerprint density at radius 2 is 1.81 bits per heavy atom. The van der Waals surface area contributed by atoms with Crippen LogP contribution in [0.2, 0.25) is 0 Å². The van der Waals surface area contributed by atoms with Gasteiger partial charge in [-0.3, -0.25) is 4.79 Å². The van der Waals surface area contributed by atoms with Gasteiger partial charge in [0.05, 0.1) is 5.56 Å². The number of ether oxygens (including phenoxy) is 2. The molecule has 140 valence electrons. The lowest BCUT2D eigenvalue weighted by Crippen LogP contribution is -2.23. The van der Waals surface area contributed by atoms with Crippen molar-refractivity contribution in [1.29, 1.82) is 0 Å². The topological polar surface area (TPSA) is 47.6 Å². The van der Waals surface area contributed by atoms with E-state index in [1.54, 1.807) is 0 Å². The third-order valence-corrected chi connectivity index (χ3v) is 4.56. The molecule has 0 aromatic heterocycles. The van der Waals surface area contributed by atoms with Gasteiger partial charge in [0.15, 0.2) is 17.3 Å². The van der Waals surface area contributed by atoms with Crippen molar-refractivity contribution in [2.45, 2.75) is 19.0 Å². The van der Waals surface area contributed by atoms with E-state index in [0.29, 0.717) is 29.3 Å². The lowest BCUT2D eigenvalue weighted by atomic mass is 9.96. The zero-order valence-corrected chi connectivity index (χ0v) is 14.2. The Hall–Kier alpha value is -2.96. The third kappa shape index (κ3) is 3.63. The van der Waals surface area contributed by atoms with E-state index < -0.39 is 11.7 Å². The van der Waals surface area contributed by atoms with Gasteiger partial charge in [-0.05, 0) is 41.8 Å². The molecule has 0 unspecified atom stereocenters. The Balaban J connectivity index is 1.54. The van der Waals surface area contributed by atoms with E-state index >= 15 is 0 Å². The molecule has 0 aliphatic carbocycles. The van der Waals surface area contributed by atoms with Crippen LogP contribution in [0.15, 0.2) is 42.5 Å². The second-order valence-corrected chi connectivity index (χ2v) is 6.44. The summed E-state index contributed by atoms with van der Waals surface area (Å²) < 4.78 is 48.7. The highest BCUT2D eigenvalue weighted by molar-refractivity contribution is 5.98. The quantitative estimate of drug-likeness (QED) is 0.831. The van der Waals surface area contributed by atoms with Crippen LogP contribution >= 0.6 is 0 Å². The highest BCUT2D eigenvalue weighted by Gasteiger charge is 2.30. The van der Waals surface area contributed by atoms with Crippen molar-refractivity contribution >= 4 is 11.5 Å². The molecule has 0 bridgehead atoms. The van der Waals surface area contributed by atoms with E-state index in [4.69, 9.17) is 9.47 Å². The molecule has 2 aromatic rings. The molecule has 2 aliphatic rings. The summed E-state index contributed by atoms with van der Waals surface area (Å²) in [6.45, 7) is 0.865. The van der Waals surface area contributed by atoms with Crippen LogP contribution in [-0.2, 0) is 23.8 Å². The molecule has 0 saturated carbocycles. The number of benzene rings is 2. The van der Waals surface area contributed by atoms with Gasteiger partial charge in [-0.2, -0.15) is 13.2 Å². The first-order valence-electron chi connectivity index (χ1n) is 8.47. The van der Waals surface area contributed by atoms with Gasteiger partial charge >= 0.3 is 6.18 Å². The SMILES string of the molecule is O=C(/C=C1\NCCc2cc3c(cc21)OCO3)Cc1ccc(C(F)(F)F)cc1. The number of hydrogen-bond donors (Lipinski definition) is 1. The average molecular weight is 375 g/mol. The number of carbonyl (C=O) groups is 1. The van der Waals surface area contributed by atoms with Crippen molar-refractivity contribution in [2.75, 3.05) is 13.3 Å². The maximum atomic E-state index is 12.6. The summed E-state index contributed by atoms with van der Waals surface area (Å²) in [5.41, 5.74) is 2.44. The molecule has 1 N–H and O–H groups in total. The Bertz CT molecular complexity index is 917. The third-order valence-electron chi connectivity index (χ3n) is 4.56. The molecular formula is C20H16F3NO3. The van der Waals surface area contributed by atoms with Crippen LogP contribution in [0, 0.1) is 0 Å². The number of allylic oxidation sites excluding steroid dienone is 1. The highest BCUT2D eigenvalue weighted by atomic mass is 19.4. The normalized spacial score (nSPS) is 16.8. The Morgan fingerprint density at radius 3 is 2.52 bits per heavy atom. The van der Waals surface area contributed by atoms with Crippen molar-refractivity contribution in [2.24, 2.45) is 0 Å². The summed E-state index contributed by atoms with van der Waals surface area (Å²) in [5, 5.41) is 3.21. The second-order valence-electron chi connectivity index (χ2n) is 6.44. The summed E-state index contributed by atoms with van der Waals surface area (Å²) in [6, 6.07) is 8.42. The van der Waals surface area contributed by atoms with Crippen LogP contribution in [0.4, 0.5) is 13.2 Å². The zero-order valence-electron chi connectivity index (χ0n) is 14.2. The monoisotopic (exact) mass is 375 g/mol. The number of halogens is 3. The van der Waals surface area contributed by atoms with Gasteiger partial charge in [-0.1, -0.05) is 12.1 Å². The van der Waals surface area contributed by atoms with Crippen LogP contribution in [0.25, 0.3) is 5.70 Å². The molecule has 0 fully saturated rings. The number of ketones is 1. The van der Waals surface area contributed by atoms with Gasteiger partial charge in [0.1, 0.15) is 0 Å². The fraction of sp³-hybridized carbons (Fsp3) is 0.250. The van der Waals surface area contributed by atoms with Crippen LogP contribution in [0.1, 0.15) is 22.3 Å². The molecule has 7 heteroatoms. The standard InChI is InChI=1S/C20H16F3NO3/c21-20(22,23)14-3-1-12(2-4-14)7-15(25)9-17-16-10-19-18(26-11-27-19)8-13(16)5-6-24-17/h1-4,8-10,24H,5-7,11H2/b17-9-. The predicted molar refractivity (Wildman–Crippen MR) is 92.4 cm³/mol. The number of nitrogens with one attached hydrogen (secondary N) is 1. The maximum absolute atomic E-state index is 12.6. The lowest BCUT2D eigenvalue weighted by molar-refractivity contribution is -0.137.